The third-order valence-electron chi connectivity index (χ3n) is 10.9. The summed E-state index contributed by atoms with van der Waals surface area (Å²) in [6.07, 6.45) is 9.96. The highest BCUT2D eigenvalue weighted by atomic mass is 31.2. The van der Waals surface area contributed by atoms with Gasteiger partial charge < -0.3 is 10.2 Å². The second-order valence-electron chi connectivity index (χ2n) is 12.9. The summed E-state index contributed by atoms with van der Waals surface area (Å²) >= 11 is 0. The first kappa shape index (κ1) is 29.9. The minimum atomic E-state index is -2.34. The molecule has 2 atom stereocenters. The van der Waals surface area contributed by atoms with Crippen LogP contribution in [0.3, 0.4) is 0 Å². The Bertz CT molecular complexity index is 1460. The molecule has 0 amide bonds. The lowest BCUT2D eigenvalue weighted by Gasteiger charge is -2.44. The Hall–Kier alpha value is -3.16. The summed E-state index contributed by atoms with van der Waals surface area (Å²) in [6, 6.07) is 45.7. The third kappa shape index (κ3) is 4.29. The highest BCUT2D eigenvalue weighted by Gasteiger charge is 2.93. The van der Waals surface area contributed by atoms with Crippen LogP contribution in [0.25, 0.3) is 0 Å². The van der Waals surface area contributed by atoms with E-state index in [9.17, 15) is 0 Å². The van der Waals surface area contributed by atoms with Gasteiger partial charge in [-0.25, -0.2) is 0 Å². The molecule has 1 fully saturated rings. The maximum atomic E-state index is 6.26. The summed E-state index contributed by atoms with van der Waals surface area (Å²) in [6.45, 7) is 7.10. The van der Waals surface area contributed by atoms with Gasteiger partial charge in [-0.15, -0.1) is 5.31 Å². The van der Waals surface area contributed by atoms with Crippen LogP contribution in [0.1, 0.15) is 77.7 Å². The monoisotopic (exact) mass is 586 g/mol. The highest BCUT2D eigenvalue weighted by Crippen LogP contribution is 3.00. The Morgan fingerprint density at radius 2 is 1.07 bits per heavy atom. The molecule has 0 radical (unpaired) electrons. The number of benzene rings is 4. The van der Waals surface area contributed by atoms with E-state index >= 15 is 0 Å². The van der Waals surface area contributed by atoms with E-state index < -0.39 is 13.5 Å². The number of hydrogen-bond donors (Lipinski definition) is 1. The van der Waals surface area contributed by atoms with Gasteiger partial charge in [-0.3, -0.25) is 0 Å². The molecule has 2 aliphatic heterocycles. The van der Waals surface area contributed by atoms with E-state index in [-0.39, 0.29) is 10.4 Å². The number of nitrogens with one attached hydrogen (secondary N) is 1. The van der Waals surface area contributed by atoms with Crippen LogP contribution < -0.4 is 15.9 Å². The van der Waals surface area contributed by atoms with Gasteiger partial charge in [-0.1, -0.05) is 157 Å². The SMILES string of the molecule is CCCC[B-]12N=C(Nc3ccccc3)[P+](c3ccccc3)(c3ccccc3)C1(c1ccccc1)C2(CCCC)CCCC. The molecule has 4 aromatic rings. The molecule has 2 aliphatic rings. The number of amidine groups is 1. The Kier molecular flexibility index (Phi) is 8.66. The second kappa shape index (κ2) is 12.5. The zero-order valence-electron chi connectivity index (χ0n) is 26.4. The average molecular weight is 587 g/mol. The quantitative estimate of drug-likeness (QED) is 0.122. The van der Waals surface area contributed by atoms with E-state index in [0.29, 0.717) is 0 Å². The molecule has 0 aliphatic carbocycles. The van der Waals surface area contributed by atoms with Crippen LogP contribution in [0.4, 0.5) is 5.69 Å². The molecule has 222 valence electrons. The molecular weight excluding hydrogens is 538 g/mol. The fourth-order valence-corrected chi connectivity index (χ4v) is 16.0. The second-order valence-corrected chi connectivity index (χ2v) is 16.4. The first-order chi connectivity index (χ1) is 21.2. The number of para-hydroxylation sites is 1. The van der Waals surface area contributed by atoms with Crippen molar-refractivity contribution in [2.24, 2.45) is 4.90 Å². The Morgan fingerprint density at radius 3 is 1.56 bits per heavy atom. The minimum absolute atomic E-state index is 0.0550. The lowest BCUT2D eigenvalue weighted by molar-refractivity contribution is 0.473. The van der Waals surface area contributed by atoms with E-state index in [2.05, 4.69) is 147 Å². The molecule has 1 saturated heterocycles. The normalized spacial score (nSPS) is 22.9. The smallest absolute Gasteiger partial charge is 0.214 e. The van der Waals surface area contributed by atoms with Crippen molar-refractivity contribution in [1.82, 2.24) is 0 Å². The van der Waals surface area contributed by atoms with E-state index in [1.54, 1.807) is 0 Å². The molecule has 0 bridgehead atoms. The summed E-state index contributed by atoms with van der Waals surface area (Å²) in [5.74, 6) is 0. The number of hydrogen-bond acceptors (Lipinski definition) is 2. The van der Waals surface area contributed by atoms with Gasteiger partial charge in [0.05, 0.1) is 0 Å². The molecular formula is C39H48BN2P. The van der Waals surface area contributed by atoms with Crippen molar-refractivity contribution in [2.45, 2.75) is 88.8 Å². The van der Waals surface area contributed by atoms with Gasteiger partial charge in [0.25, 0.3) is 0 Å². The number of fused-ring (bicyclic) bond motifs is 1. The van der Waals surface area contributed by atoms with Crippen molar-refractivity contribution in [1.29, 1.82) is 0 Å². The van der Waals surface area contributed by atoms with Crippen LogP contribution in [-0.4, -0.2) is 11.9 Å². The highest BCUT2D eigenvalue weighted by molar-refractivity contribution is 8.07. The molecule has 0 spiro atoms. The summed E-state index contributed by atoms with van der Waals surface area (Å²) < 4.78 is 0. The summed E-state index contributed by atoms with van der Waals surface area (Å²) in [5, 5.41) is 7.08. The lowest BCUT2D eigenvalue weighted by Crippen LogP contribution is -2.40. The zero-order chi connectivity index (χ0) is 29.8. The lowest BCUT2D eigenvalue weighted by atomic mass is 9.41. The maximum Gasteiger partial charge on any atom is 0.214 e. The molecule has 2 heterocycles. The predicted molar refractivity (Wildman–Crippen MR) is 192 cm³/mol. The number of anilines is 1. The largest absolute Gasteiger partial charge is 0.446 e. The molecule has 2 unspecified atom stereocenters. The van der Waals surface area contributed by atoms with Gasteiger partial charge in [0.1, 0.15) is 17.9 Å². The standard InChI is InChI=1S/C39H48BN2P/c1-4-7-30-38(31-8-5-2)39(33-22-14-10-15-23-33)40(38,32-9-6-3)42-37(41-34-24-16-11-17-25-34)43(39,35-26-18-12-19-27-35)36-28-20-13-21-29-36/h10-29H,4-9,30-32H2,1-3H3,(H,41,42). The summed E-state index contributed by atoms with van der Waals surface area (Å²) in [4.78, 5) is 6.26. The van der Waals surface area contributed by atoms with E-state index in [0.717, 1.165) is 5.69 Å². The van der Waals surface area contributed by atoms with E-state index in [1.165, 1.54) is 79.4 Å². The molecule has 6 rings (SSSR count). The van der Waals surface area contributed by atoms with Gasteiger partial charge in [0.15, 0.2) is 6.28 Å². The van der Waals surface area contributed by atoms with Crippen molar-refractivity contribution < 1.29 is 0 Å². The molecule has 4 aromatic carbocycles. The van der Waals surface area contributed by atoms with E-state index in [1.807, 2.05) is 0 Å². The molecule has 0 aromatic heterocycles. The van der Waals surface area contributed by atoms with Crippen LogP contribution in [0.2, 0.25) is 11.6 Å². The average Bonchev–Trinajstić information content (AvgIpc) is 3.44. The van der Waals surface area contributed by atoms with Crippen LogP contribution in [0.5, 0.6) is 0 Å². The molecule has 4 heteroatoms. The fraction of sp³-hybridized carbons (Fsp3) is 0.359. The van der Waals surface area contributed by atoms with E-state index in [4.69, 9.17) is 4.90 Å². The van der Waals surface area contributed by atoms with Gasteiger partial charge in [-0.2, -0.15) is 6.32 Å². The Morgan fingerprint density at radius 1 is 0.605 bits per heavy atom. The fourth-order valence-electron chi connectivity index (χ4n) is 9.52. The van der Waals surface area contributed by atoms with Crippen LogP contribution >= 0.6 is 7.26 Å². The van der Waals surface area contributed by atoms with Crippen molar-refractivity contribution in [3.05, 3.63) is 127 Å². The molecule has 1 N–H and O–H groups in total. The number of unbranched alkanes of at least 4 members (excludes halogenated alkanes) is 3. The first-order valence-corrected chi connectivity index (χ1v) is 18.6. The van der Waals surface area contributed by atoms with Crippen LogP contribution in [0, 0.1) is 0 Å². The van der Waals surface area contributed by atoms with Gasteiger partial charge >= 0.3 is 0 Å². The number of nitrogens with zero attached hydrogens (tertiary/aromatic N) is 1. The van der Waals surface area contributed by atoms with Crippen molar-refractivity contribution in [3.63, 3.8) is 0 Å². The Labute approximate surface area is 260 Å². The zero-order valence-corrected chi connectivity index (χ0v) is 27.3. The minimum Gasteiger partial charge on any atom is -0.446 e. The molecule has 43 heavy (non-hydrogen) atoms. The topological polar surface area (TPSA) is 24.4 Å². The maximum absolute atomic E-state index is 6.26. The first-order valence-electron chi connectivity index (χ1n) is 16.8. The summed E-state index contributed by atoms with van der Waals surface area (Å²) in [7, 11) is -2.34. The van der Waals surface area contributed by atoms with Crippen LogP contribution in [-0.2, 0) is 5.06 Å². The van der Waals surface area contributed by atoms with Gasteiger partial charge in [0, 0.05) is 5.69 Å². The number of rotatable bonds is 13. The Balaban J connectivity index is 1.77. The summed E-state index contributed by atoms with van der Waals surface area (Å²) in [5.41, 5.74) is 3.89. The van der Waals surface area contributed by atoms with Gasteiger partial charge in [-0.05, 0) is 47.0 Å². The van der Waals surface area contributed by atoms with Gasteiger partial charge in [0.2, 0.25) is 5.58 Å². The molecule has 0 saturated carbocycles. The van der Waals surface area contributed by atoms with Crippen molar-refractivity contribution >= 4 is 35.4 Å². The van der Waals surface area contributed by atoms with Crippen molar-refractivity contribution in [3.8, 4) is 0 Å². The predicted octanol–water partition coefficient (Wildman–Crippen LogP) is 10.5. The van der Waals surface area contributed by atoms with Crippen molar-refractivity contribution in [2.75, 3.05) is 5.32 Å². The molecule has 2 nitrogen and oxygen atoms in total. The van der Waals surface area contributed by atoms with Crippen LogP contribution in [0.15, 0.2) is 126 Å². The third-order valence-corrected chi connectivity index (χ3v) is 16.1.